The van der Waals surface area contributed by atoms with Gasteiger partial charge in [0, 0.05) is 28.2 Å². The minimum atomic E-state index is -0.202. The van der Waals surface area contributed by atoms with E-state index in [1.54, 1.807) is 18.2 Å². The first-order valence-corrected chi connectivity index (χ1v) is 6.74. The average Bonchev–Trinajstić information content (AvgIpc) is 2.35. The predicted molar refractivity (Wildman–Crippen MR) is 78.1 cm³/mol. The molecule has 4 heteroatoms. The van der Waals surface area contributed by atoms with Gasteiger partial charge in [-0.15, -0.1) is 0 Å². The zero-order chi connectivity index (χ0) is 13.8. The van der Waals surface area contributed by atoms with Crippen LogP contribution in [-0.2, 0) is 6.54 Å². The van der Waals surface area contributed by atoms with Crippen LogP contribution in [0.2, 0.25) is 10.0 Å². The molecular weight excluding hydrogens is 284 g/mol. The van der Waals surface area contributed by atoms with Crippen molar-refractivity contribution < 1.29 is 4.39 Å². The fourth-order valence-electron chi connectivity index (χ4n) is 1.92. The van der Waals surface area contributed by atoms with Crippen molar-refractivity contribution >= 4 is 23.2 Å². The van der Waals surface area contributed by atoms with E-state index in [4.69, 9.17) is 23.2 Å². The van der Waals surface area contributed by atoms with Crippen molar-refractivity contribution in [1.82, 2.24) is 5.32 Å². The molecule has 1 N–H and O–H groups in total. The Morgan fingerprint density at radius 3 is 2.37 bits per heavy atom. The van der Waals surface area contributed by atoms with E-state index < -0.39 is 0 Å². The molecule has 2 aromatic carbocycles. The molecule has 0 saturated heterocycles. The summed E-state index contributed by atoms with van der Waals surface area (Å²) in [7, 11) is 0. The third kappa shape index (κ3) is 3.93. The lowest BCUT2D eigenvalue weighted by atomic mass is 10.1. The molecule has 0 saturated carbocycles. The van der Waals surface area contributed by atoms with Crippen LogP contribution >= 0.6 is 23.2 Å². The van der Waals surface area contributed by atoms with Crippen molar-refractivity contribution in [1.29, 1.82) is 0 Å². The van der Waals surface area contributed by atoms with Gasteiger partial charge in [-0.05, 0) is 36.8 Å². The van der Waals surface area contributed by atoms with Gasteiger partial charge in [0.25, 0.3) is 0 Å². The van der Waals surface area contributed by atoms with Crippen molar-refractivity contribution in [2.45, 2.75) is 19.5 Å². The van der Waals surface area contributed by atoms with E-state index in [2.05, 4.69) is 5.32 Å². The van der Waals surface area contributed by atoms with Crippen LogP contribution < -0.4 is 5.32 Å². The van der Waals surface area contributed by atoms with E-state index in [-0.39, 0.29) is 11.9 Å². The molecule has 2 rings (SSSR count). The molecular formula is C15H14Cl2FN. The standard InChI is InChI=1S/C15H14Cl2FN/c1-10(14-4-2-3-5-15(14)18)19-9-11-6-12(16)8-13(17)7-11/h2-8,10,19H,9H2,1H3/t10-/m1/s1. The van der Waals surface area contributed by atoms with Crippen molar-refractivity contribution in [2.75, 3.05) is 0 Å². The first kappa shape index (κ1) is 14.3. The molecule has 0 aliphatic rings. The molecule has 0 aliphatic carbocycles. The van der Waals surface area contributed by atoms with Gasteiger partial charge < -0.3 is 5.32 Å². The van der Waals surface area contributed by atoms with Crippen LogP contribution in [0, 0.1) is 5.82 Å². The highest BCUT2D eigenvalue weighted by atomic mass is 35.5. The van der Waals surface area contributed by atoms with Gasteiger partial charge in [-0.1, -0.05) is 41.4 Å². The van der Waals surface area contributed by atoms with Crippen LogP contribution in [0.1, 0.15) is 24.1 Å². The molecule has 1 atom stereocenters. The summed E-state index contributed by atoms with van der Waals surface area (Å²) in [5, 5.41) is 4.45. The fourth-order valence-corrected chi connectivity index (χ4v) is 2.49. The molecule has 0 amide bonds. The fraction of sp³-hybridized carbons (Fsp3) is 0.200. The Kier molecular flexibility index (Phi) is 4.81. The number of rotatable bonds is 4. The van der Waals surface area contributed by atoms with E-state index in [0.717, 1.165) is 5.56 Å². The van der Waals surface area contributed by atoms with Gasteiger partial charge in [0.2, 0.25) is 0 Å². The van der Waals surface area contributed by atoms with E-state index in [0.29, 0.717) is 22.2 Å². The molecule has 0 bridgehead atoms. The Balaban J connectivity index is 2.04. The summed E-state index contributed by atoms with van der Waals surface area (Å²) in [6, 6.07) is 12.0. The van der Waals surface area contributed by atoms with Gasteiger partial charge in [-0.3, -0.25) is 0 Å². The molecule has 0 aromatic heterocycles. The summed E-state index contributed by atoms with van der Waals surface area (Å²) in [4.78, 5) is 0. The van der Waals surface area contributed by atoms with Crippen LogP contribution in [-0.4, -0.2) is 0 Å². The Labute approximate surface area is 122 Å². The number of nitrogens with one attached hydrogen (secondary N) is 1. The van der Waals surface area contributed by atoms with E-state index >= 15 is 0 Å². The second-order valence-corrected chi connectivity index (χ2v) is 5.27. The van der Waals surface area contributed by atoms with Gasteiger partial charge in [0.15, 0.2) is 0 Å². The second-order valence-electron chi connectivity index (χ2n) is 4.40. The maximum absolute atomic E-state index is 13.6. The minimum absolute atomic E-state index is 0.0843. The predicted octanol–water partition coefficient (Wildman–Crippen LogP) is 4.98. The van der Waals surface area contributed by atoms with Crippen LogP contribution in [0.25, 0.3) is 0 Å². The topological polar surface area (TPSA) is 12.0 Å². The van der Waals surface area contributed by atoms with E-state index in [1.807, 2.05) is 25.1 Å². The van der Waals surface area contributed by atoms with Crippen molar-refractivity contribution in [3.8, 4) is 0 Å². The summed E-state index contributed by atoms with van der Waals surface area (Å²) in [5.41, 5.74) is 1.62. The van der Waals surface area contributed by atoms with Crippen LogP contribution in [0.3, 0.4) is 0 Å². The molecule has 0 unspecified atom stereocenters. The molecule has 19 heavy (non-hydrogen) atoms. The summed E-state index contributed by atoms with van der Waals surface area (Å²) in [6.07, 6.45) is 0. The van der Waals surface area contributed by atoms with E-state index in [1.165, 1.54) is 6.07 Å². The summed E-state index contributed by atoms with van der Waals surface area (Å²) in [6.45, 7) is 2.50. The molecule has 0 radical (unpaired) electrons. The molecule has 100 valence electrons. The Morgan fingerprint density at radius 2 is 1.74 bits per heavy atom. The Bertz CT molecular complexity index is 552. The number of benzene rings is 2. The lowest BCUT2D eigenvalue weighted by Gasteiger charge is -2.15. The maximum Gasteiger partial charge on any atom is 0.127 e. The molecule has 0 aliphatic heterocycles. The molecule has 0 fully saturated rings. The highest BCUT2D eigenvalue weighted by Crippen LogP contribution is 2.20. The van der Waals surface area contributed by atoms with Gasteiger partial charge in [-0.2, -0.15) is 0 Å². The minimum Gasteiger partial charge on any atom is -0.306 e. The quantitative estimate of drug-likeness (QED) is 0.839. The van der Waals surface area contributed by atoms with Crippen molar-refractivity contribution in [3.63, 3.8) is 0 Å². The first-order valence-electron chi connectivity index (χ1n) is 5.99. The largest absolute Gasteiger partial charge is 0.306 e. The molecule has 0 spiro atoms. The number of halogens is 3. The van der Waals surface area contributed by atoms with Gasteiger partial charge in [0.1, 0.15) is 5.82 Å². The SMILES string of the molecule is C[C@@H](NCc1cc(Cl)cc(Cl)c1)c1ccccc1F. The Morgan fingerprint density at radius 1 is 1.11 bits per heavy atom. The normalized spacial score (nSPS) is 12.4. The monoisotopic (exact) mass is 297 g/mol. The zero-order valence-corrected chi connectivity index (χ0v) is 12.0. The zero-order valence-electron chi connectivity index (χ0n) is 10.5. The van der Waals surface area contributed by atoms with E-state index in [9.17, 15) is 4.39 Å². The lowest BCUT2D eigenvalue weighted by molar-refractivity contribution is 0.528. The lowest BCUT2D eigenvalue weighted by Crippen LogP contribution is -2.19. The van der Waals surface area contributed by atoms with Gasteiger partial charge in [-0.25, -0.2) is 4.39 Å². The second kappa shape index (κ2) is 6.38. The van der Waals surface area contributed by atoms with Crippen LogP contribution in [0.15, 0.2) is 42.5 Å². The highest BCUT2D eigenvalue weighted by Gasteiger charge is 2.09. The van der Waals surface area contributed by atoms with Gasteiger partial charge >= 0.3 is 0 Å². The van der Waals surface area contributed by atoms with Gasteiger partial charge in [0.05, 0.1) is 0 Å². The summed E-state index contributed by atoms with van der Waals surface area (Å²) >= 11 is 11.9. The molecule has 2 aromatic rings. The van der Waals surface area contributed by atoms with Crippen LogP contribution in [0.5, 0.6) is 0 Å². The molecule has 0 heterocycles. The summed E-state index contributed by atoms with van der Waals surface area (Å²) in [5.74, 6) is -0.202. The maximum atomic E-state index is 13.6. The average molecular weight is 298 g/mol. The van der Waals surface area contributed by atoms with Crippen molar-refractivity contribution in [2.24, 2.45) is 0 Å². The number of hydrogen-bond donors (Lipinski definition) is 1. The Hall–Kier alpha value is -1.09. The number of hydrogen-bond acceptors (Lipinski definition) is 1. The van der Waals surface area contributed by atoms with Crippen LogP contribution in [0.4, 0.5) is 4.39 Å². The third-order valence-corrected chi connectivity index (χ3v) is 3.34. The third-order valence-electron chi connectivity index (χ3n) is 2.91. The first-order chi connectivity index (χ1) is 9.06. The molecule has 1 nitrogen and oxygen atoms in total. The highest BCUT2D eigenvalue weighted by molar-refractivity contribution is 6.34. The smallest absolute Gasteiger partial charge is 0.127 e. The summed E-state index contributed by atoms with van der Waals surface area (Å²) < 4.78 is 13.6. The van der Waals surface area contributed by atoms with Crippen molar-refractivity contribution in [3.05, 3.63) is 69.5 Å².